The third-order valence-corrected chi connectivity index (χ3v) is 7.99. The number of unbranched alkanes of at least 4 members (excludes halogenated alkanes) is 1. The topological polar surface area (TPSA) is 60.5 Å². The standard InChI is InChI=1S/C17H22N2O3S3/c1-21-13-9-12-15(10-14(13)22-2)24-17(18-12)19-16(20)6-4-3-5-11-7-8-23-25-11/h9-11H,3-8H2,1-2H3,(H,18,19,20)/t11-/m0/s1. The number of nitrogens with zero attached hydrogens (tertiary/aromatic N) is 1. The van der Waals surface area contributed by atoms with Crippen LogP contribution in [0, 0.1) is 0 Å². The number of hydrogen-bond donors (Lipinski definition) is 1. The van der Waals surface area contributed by atoms with Crippen molar-refractivity contribution in [1.82, 2.24) is 4.98 Å². The van der Waals surface area contributed by atoms with Gasteiger partial charge in [0.05, 0.1) is 24.4 Å². The highest BCUT2D eigenvalue weighted by atomic mass is 33.1. The number of carbonyl (C=O) groups is 1. The average molecular weight is 399 g/mol. The number of benzene rings is 1. The first-order valence-electron chi connectivity index (χ1n) is 8.30. The predicted octanol–water partition coefficient (Wildman–Crippen LogP) is 4.97. The predicted molar refractivity (Wildman–Crippen MR) is 108 cm³/mol. The molecular formula is C17H22N2O3S3. The van der Waals surface area contributed by atoms with Crippen molar-refractivity contribution >= 4 is 54.2 Å². The van der Waals surface area contributed by atoms with E-state index in [1.807, 2.05) is 33.7 Å². The first-order valence-corrected chi connectivity index (χ1v) is 11.5. The fraction of sp³-hybridized carbons (Fsp3) is 0.529. The SMILES string of the molecule is COc1cc2nc(NC(=O)CCCC[C@H]3CCSS3)sc2cc1OC. The van der Waals surface area contributed by atoms with Crippen LogP contribution < -0.4 is 14.8 Å². The zero-order valence-electron chi connectivity index (χ0n) is 14.4. The molecule has 0 unspecified atom stereocenters. The number of amides is 1. The summed E-state index contributed by atoms with van der Waals surface area (Å²) in [4.78, 5) is 16.6. The Morgan fingerprint density at radius 1 is 1.28 bits per heavy atom. The third kappa shape index (κ3) is 4.95. The summed E-state index contributed by atoms with van der Waals surface area (Å²) >= 11 is 1.45. The van der Waals surface area contributed by atoms with Gasteiger partial charge in [-0.1, -0.05) is 39.3 Å². The number of anilines is 1. The van der Waals surface area contributed by atoms with Gasteiger partial charge < -0.3 is 14.8 Å². The molecule has 0 saturated carbocycles. The highest BCUT2D eigenvalue weighted by Gasteiger charge is 2.16. The third-order valence-electron chi connectivity index (χ3n) is 4.05. The summed E-state index contributed by atoms with van der Waals surface area (Å²) in [6, 6.07) is 3.72. The van der Waals surface area contributed by atoms with E-state index in [0.717, 1.165) is 28.3 Å². The normalized spacial score (nSPS) is 17.0. The van der Waals surface area contributed by atoms with Crippen molar-refractivity contribution < 1.29 is 14.3 Å². The molecule has 3 rings (SSSR count). The minimum atomic E-state index is 0.0337. The molecule has 1 aromatic carbocycles. The molecule has 2 aromatic rings. The van der Waals surface area contributed by atoms with E-state index in [1.165, 1.54) is 29.9 Å². The van der Waals surface area contributed by atoms with Crippen LogP contribution >= 0.6 is 32.9 Å². The molecule has 136 valence electrons. The second-order valence-corrected chi connectivity index (χ2v) is 9.63. The van der Waals surface area contributed by atoms with Gasteiger partial charge in [-0.15, -0.1) is 0 Å². The fourth-order valence-electron chi connectivity index (χ4n) is 2.71. The van der Waals surface area contributed by atoms with Crippen LogP contribution in [-0.2, 0) is 4.79 Å². The molecule has 1 amide bonds. The Hall–Kier alpha value is -1.12. The Morgan fingerprint density at radius 2 is 2.08 bits per heavy atom. The second kappa shape index (κ2) is 9.00. The van der Waals surface area contributed by atoms with Crippen LogP contribution in [0.15, 0.2) is 12.1 Å². The molecule has 0 radical (unpaired) electrons. The van der Waals surface area contributed by atoms with Gasteiger partial charge in [-0.2, -0.15) is 0 Å². The summed E-state index contributed by atoms with van der Waals surface area (Å²) in [7, 11) is 7.17. The largest absolute Gasteiger partial charge is 0.493 e. The first kappa shape index (κ1) is 18.7. The van der Waals surface area contributed by atoms with Gasteiger partial charge >= 0.3 is 0 Å². The number of hydrogen-bond acceptors (Lipinski definition) is 7. The van der Waals surface area contributed by atoms with Crippen molar-refractivity contribution in [3.05, 3.63) is 12.1 Å². The van der Waals surface area contributed by atoms with E-state index in [0.29, 0.717) is 23.1 Å². The van der Waals surface area contributed by atoms with Crippen LogP contribution in [0.3, 0.4) is 0 Å². The van der Waals surface area contributed by atoms with Crippen LogP contribution in [0.4, 0.5) is 5.13 Å². The van der Waals surface area contributed by atoms with Gasteiger partial charge in [-0.25, -0.2) is 4.98 Å². The number of thiazole rings is 1. The Morgan fingerprint density at radius 3 is 2.80 bits per heavy atom. The van der Waals surface area contributed by atoms with Gasteiger partial charge in [0, 0.05) is 29.6 Å². The van der Waals surface area contributed by atoms with Crippen molar-refractivity contribution in [1.29, 1.82) is 0 Å². The van der Waals surface area contributed by atoms with E-state index < -0.39 is 0 Å². The maximum Gasteiger partial charge on any atom is 0.226 e. The average Bonchev–Trinajstić information content (AvgIpc) is 3.26. The molecule has 1 fully saturated rings. The van der Waals surface area contributed by atoms with Crippen molar-refractivity contribution in [2.75, 3.05) is 25.3 Å². The molecule has 1 aromatic heterocycles. The summed E-state index contributed by atoms with van der Waals surface area (Å²) in [6.07, 6.45) is 5.11. The molecule has 1 atom stereocenters. The quantitative estimate of drug-likeness (QED) is 0.501. The van der Waals surface area contributed by atoms with E-state index in [9.17, 15) is 4.79 Å². The monoisotopic (exact) mass is 398 g/mol. The van der Waals surface area contributed by atoms with Gasteiger partial charge in [0.1, 0.15) is 0 Å². The smallest absolute Gasteiger partial charge is 0.226 e. The van der Waals surface area contributed by atoms with E-state index in [-0.39, 0.29) is 5.91 Å². The maximum atomic E-state index is 12.1. The zero-order valence-corrected chi connectivity index (χ0v) is 16.8. The summed E-state index contributed by atoms with van der Waals surface area (Å²) in [5.74, 6) is 2.61. The van der Waals surface area contributed by atoms with Gasteiger partial charge in [0.25, 0.3) is 0 Å². The van der Waals surface area contributed by atoms with E-state index >= 15 is 0 Å². The molecule has 1 saturated heterocycles. The molecule has 1 aliphatic heterocycles. The summed E-state index contributed by atoms with van der Waals surface area (Å²) < 4.78 is 11.6. The molecule has 8 heteroatoms. The second-order valence-electron chi connectivity index (χ2n) is 5.82. The van der Waals surface area contributed by atoms with E-state index in [2.05, 4.69) is 10.3 Å². The number of nitrogens with one attached hydrogen (secondary N) is 1. The van der Waals surface area contributed by atoms with Gasteiger partial charge in [-0.3, -0.25) is 4.79 Å². The lowest BCUT2D eigenvalue weighted by molar-refractivity contribution is -0.116. The van der Waals surface area contributed by atoms with Gasteiger partial charge in [0.15, 0.2) is 16.6 Å². The molecule has 0 aliphatic carbocycles. The number of carbonyl (C=O) groups excluding carboxylic acids is 1. The van der Waals surface area contributed by atoms with Crippen molar-refractivity contribution in [3.8, 4) is 11.5 Å². The van der Waals surface area contributed by atoms with Crippen molar-refractivity contribution in [2.24, 2.45) is 0 Å². The molecule has 25 heavy (non-hydrogen) atoms. The lowest BCUT2D eigenvalue weighted by Gasteiger charge is -2.06. The van der Waals surface area contributed by atoms with E-state index in [1.54, 1.807) is 14.2 Å². The fourth-order valence-corrected chi connectivity index (χ4v) is 6.63. The molecule has 1 aliphatic rings. The minimum Gasteiger partial charge on any atom is -0.493 e. The van der Waals surface area contributed by atoms with Crippen LogP contribution in [0.2, 0.25) is 0 Å². The van der Waals surface area contributed by atoms with Crippen LogP contribution in [0.1, 0.15) is 32.1 Å². The Balaban J connectivity index is 1.52. The molecule has 0 spiro atoms. The number of fused-ring (bicyclic) bond motifs is 1. The molecule has 1 N–H and O–H groups in total. The first-order chi connectivity index (χ1) is 12.2. The number of aromatic nitrogens is 1. The van der Waals surface area contributed by atoms with Crippen LogP contribution in [-0.4, -0.2) is 36.1 Å². The molecule has 0 bridgehead atoms. The lowest BCUT2D eigenvalue weighted by atomic mass is 10.1. The summed E-state index contributed by atoms with van der Waals surface area (Å²) in [5, 5.41) is 4.32. The van der Waals surface area contributed by atoms with Gasteiger partial charge in [-0.05, 0) is 19.3 Å². The highest BCUT2D eigenvalue weighted by Crippen LogP contribution is 2.40. The minimum absolute atomic E-state index is 0.0337. The Kier molecular flexibility index (Phi) is 6.72. The number of methoxy groups -OCH3 is 2. The Bertz CT molecular complexity index is 688. The molecule has 2 heterocycles. The molecular weight excluding hydrogens is 376 g/mol. The highest BCUT2D eigenvalue weighted by molar-refractivity contribution is 8.77. The van der Waals surface area contributed by atoms with Crippen molar-refractivity contribution in [2.45, 2.75) is 37.4 Å². The van der Waals surface area contributed by atoms with Gasteiger partial charge in [0.2, 0.25) is 5.91 Å². The van der Waals surface area contributed by atoms with Crippen LogP contribution in [0.5, 0.6) is 11.5 Å². The summed E-state index contributed by atoms with van der Waals surface area (Å²) in [5.41, 5.74) is 0.800. The lowest BCUT2D eigenvalue weighted by Crippen LogP contribution is -2.11. The van der Waals surface area contributed by atoms with E-state index in [4.69, 9.17) is 9.47 Å². The summed E-state index contributed by atoms with van der Waals surface area (Å²) in [6.45, 7) is 0. The number of rotatable bonds is 8. The van der Waals surface area contributed by atoms with Crippen molar-refractivity contribution in [3.63, 3.8) is 0 Å². The Labute approximate surface area is 159 Å². The number of ether oxygens (including phenoxy) is 2. The van der Waals surface area contributed by atoms with Crippen LogP contribution in [0.25, 0.3) is 10.2 Å². The molecule has 5 nitrogen and oxygen atoms in total. The maximum absolute atomic E-state index is 12.1. The zero-order chi connectivity index (χ0) is 17.6.